The largest absolute Gasteiger partial charge is 0.417 e. The van der Waals surface area contributed by atoms with Crippen LogP contribution in [-0.4, -0.2) is 35.2 Å². The Labute approximate surface area is 198 Å². The van der Waals surface area contributed by atoms with Crippen molar-refractivity contribution in [3.8, 4) is 11.3 Å². The molecule has 1 saturated heterocycles. The monoisotopic (exact) mass is 480 g/mol. The Balaban J connectivity index is 1.38. The fourth-order valence-corrected chi connectivity index (χ4v) is 4.42. The Morgan fingerprint density at radius 2 is 1.66 bits per heavy atom. The molecule has 35 heavy (non-hydrogen) atoms. The van der Waals surface area contributed by atoms with Crippen molar-refractivity contribution in [3.05, 3.63) is 89.7 Å². The molecule has 0 spiro atoms. The maximum absolute atomic E-state index is 13.4. The molecule has 0 radical (unpaired) electrons. The van der Waals surface area contributed by atoms with Crippen LogP contribution in [0.2, 0.25) is 0 Å². The molecular formula is C26H20F4N4O. The number of carbonyl (C=O) groups excluding carboxylic acids is 1. The highest BCUT2D eigenvalue weighted by Crippen LogP contribution is 2.34. The summed E-state index contributed by atoms with van der Waals surface area (Å²) in [6, 6.07) is 19.1. The molecule has 1 unspecified atom stereocenters. The first-order valence-corrected chi connectivity index (χ1v) is 11.0. The smallest absolute Gasteiger partial charge is 0.352 e. The van der Waals surface area contributed by atoms with Crippen LogP contribution in [0.1, 0.15) is 22.3 Å². The molecule has 5 nitrogen and oxygen atoms in total. The van der Waals surface area contributed by atoms with Crippen molar-refractivity contribution in [2.24, 2.45) is 0 Å². The van der Waals surface area contributed by atoms with Crippen molar-refractivity contribution in [2.75, 3.05) is 18.0 Å². The molecule has 9 heteroatoms. The molecule has 0 bridgehead atoms. The average molecular weight is 480 g/mol. The summed E-state index contributed by atoms with van der Waals surface area (Å²) in [5, 5.41) is 13.4. The SMILES string of the molecule is O=C(NC1CCN(c2nnc(-c3ccccc3)c3ccccc23)C1)c1ccc(F)cc1C(F)(F)F. The van der Waals surface area contributed by atoms with Gasteiger partial charge < -0.3 is 10.2 Å². The number of carbonyl (C=O) groups is 1. The Hall–Kier alpha value is -4.01. The summed E-state index contributed by atoms with van der Waals surface area (Å²) in [5.74, 6) is -1.29. The van der Waals surface area contributed by atoms with Crippen LogP contribution < -0.4 is 10.2 Å². The van der Waals surface area contributed by atoms with Gasteiger partial charge in [0.15, 0.2) is 5.82 Å². The van der Waals surface area contributed by atoms with Crippen LogP contribution in [0.3, 0.4) is 0 Å². The van der Waals surface area contributed by atoms with Gasteiger partial charge in [-0.1, -0.05) is 54.6 Å². The van der Waals surface area contributed by atoms with E-state index >= 15 is 0 Å². The first-order valence-electron chi connectivity index (χ1n) is 11.0. The zero-order chi connectivity index (χ0) is 24.6. The van der Waals surface area contributed by atoms with Crippen LogP contribution in [0, 0.1) is 5.82 Å². The molecule has 2 heterocycles. The number of aromatic nitrogens is 2. The van der Waals surface area contributed by atoms with Gasteiger partial charge >= 0.3 is 6.18 Å². The van der Waals surface area contributed by atoms with Gasteiger partial charge in [0.2, 0.25) is 0 Å². The molecule has 1 fully saturated rings. The minimum Gasteiger partial charge on any atom is -0.352 e. The van der Waals surface area contributed by atoms with E-state index in [4.69, 9.17) is 0 Å². The standard InChI is InChI=1S/C26H20F4N4O/c27-17-10-11-21(22(14-17)26(28,29)30)25(35)31-18-12-13-34(15-18)24-20-9-5-4-8-19(20)23(32-33-24)16-6-2-1-3-7-16/h1-11,14,18H,12-13,15H2,(H,31,35). The van der Waals surface area contributed by atoms with E-state index in [-0.39, 0.29) is 0 Å². The minimum atomic E-state index is -4.84. The van der Waals surface area contributed by atoms with Crippen molar-refractivity contribution in [2.45, 2.75) is 18.6 Å². The number of rotatable bonds is 4. The summed E-state index contributed by atoms with van der Waals surface area (Å²) in [5.41, 5.74) is -0.202. The van der Waals surface area contributed by atoms with Crippen LogP contribution in [0.4, 0.5) is 23.4 Å². The second-order valence-electron chi connectivity index (χ2n) is 8.38. The van der Waals surface area contributed by atoms with Gasteiger partial charge in [-0.25, -0.2) is 4.39 Å². The molecule has 1 N–H and O–H groups in total. The van der Waals surface area contributed by atoms with Crippen LogP contribution in [0.15, 0.2) is 72.8 Å². The number of fused-ring (bicyclic) bond motifs is 1. The third kappa shape index (κ3) is 4.53. The van der Waals surface area contributed by atoms with Gasteiger partial charge in [0.05, 0.1) is 11.1 Å². The normalized spacial score (nSPS) is 16.0. The fourth-order valence-electron chi connectivity index (χ4n) is 4.42. The number of nitrogens with one attached hydrogen (secondary N) is 1. The minimum absolute atomic E-state index is 0.339. The Bertz CT molecular complexity index is 1390. The van der Waals surface area contributed by atoms with Crippen molar-refractivity contribution >= 4 is 22.5 Å². The van der Waals surface area contributed by atoms with E-state index in [0.29, 0.717) is 31.4 Å². The first-order chi connectivity index (χ1) is 16.8. The Kier molecular flexibility index (Phi) is 5.84. The number of benzene rings is 3. The predicted molar refractivity (Wildman–Crippen MR) is 124 cm³/mol. The van der Waals surface area contributed by atoms with E-state index in [2.05, 4.69) is 15.5 Å². The van der Waals surface area contributed by atoms with Crippen molar-refractivity contribution in [3.63, 3.8) is 0 Å². The highest BCUT2D eigenvalue weighted by molar-refractivity contribution is 6.00. The summed E-state index contributed by atoms with van der Waals surface area (Å²) < 4.78 is 53.4. The van der Waals surface area contributed by atoms with E-state index in [1.54, 1.807) is 0 Å². The first kappa shape index (κ1) is 22.8. The summed E-state index contributed by atoms with van der Waals surface area (Å²) in [7, 11) is 0. The number of nitrogens with zero attached hydrogens (tertiary/aromatic N) is 3. The van der Waals surface area contributed by atoms with Gasteiger partial charge in [0, 0.05) is 35.5 Å². The number of amides is 1. The molecule has 0 saturated carbocycles. The third-order valence-electron chi connectivity index (χ3n) is 6.07. The third-order valence-corrected chi connectivity index (χ3v) is 6.07. The maximum Gasteiger partial charge on any atom is 0.417 e. The fraction of sp³-hybridized carbons (Fsp3) is 0.192. The van der Waals surface area contributed by atoms with Gasteiger partial charge in [-0.05, 0) is 24.6 Å². The summed E-state index contributed by atoms with van der Waals surface area (Å²) >= 11 is 0. The molecule has 1 atom stereocenters. The lowest BCUT2D eigenvalue weighted by Gasteiger charge is -2.20. The molecule has 4 aromatic rings. The number of anilines is 1. The van der Waals surface area contributed by atoms with Gasteiger partial charge in [-0.3, -0.25) is 4.79 Å². The van der Waals surface area contributed by atoms with Crippen LogP contribution in [-0.2, 0) is 6.18 Å². The molecule has 1 aliphatic heterocycles. The molecule has 3 aromatic carbocycles. The number of halogens is 4. The van der Waals surface area contributed by atoms with Crippen molar-refractivity contribution in [1.82, 2.24) is 15.5 Å². The highest BCUT2D eigenvalue weighted by atomic mass is 19.4. The number of hydrogen-bond donors (Lipinski definition) is 1. The zero-order valence-electron chi connectivity index (χ0n) is 18.4. The van der Waals surface area contributed by atoms with E-state index in [1.165, 1.54) is 0 Å². The molecular weight excluding hydrogens is 460 g/mol. The van der Waals surface area contributed by atoms with E-state index in [9.17, 15) is 22.4 Å². The average Bonchev–Trinajstić information content (AvgIpc) is 3.31. The maximum atomic E-state index is 13.4. The highest BCUT2D eigenvalue weighted by Gasteiger charge is 2.36. The topological polar surface area (TPSA) is 58.1 Å². The number of alkyl halides is 3. The summed E-state index contributed by atoms with van der Waals surface area (Å²) in [4.78, 5) is 14.6. The lowest BCUT2D eigenvalue weighted by Crippen LogP contribution is -2.38. The molecule has 178 valence electrons. The van der Waals surface area contributed by atoms with Crippen LogP contribution in [0.5, 0.6) is 0 Å². The summed E-state index contributed by atoms with van der Waals surface area (Å²) in [6.07, 6.45) is -4.32. The Morgan fingerprint density at radius 3 is 2.40 bits per heavy atom. The second kappa shape index (κ2) is 8.98. The van der Waals surface area contributed by atoms with E-state index < -0.39 is 35.1 Å². The molecule has 1 aliphatic rings. The van der Waals surface area contributed by atoms with Gasteiger partial charge in [0.1, 0.15) is 11.5 Å². The van der Waals surface area contributed by atoms with E-state index in [1.807, 2.05) is 59.5 Å². The molecule has 5 rings (SSSR count). The molecule has 1 amide bonds. The number of hydrogen-bond acceptors (Lipinski definition) is 4. The second-order valence-corrected chi connectivity index (χ2v) is 8.38. The Morgan fingerprint density at radius 1 is 0.943 bits per heavy atom. The molecule has 1 aromatic heterocycles. The predicted octanol–water partition coefficient (Wildman–Crippen LogP) is 5.46. The van der Waals surface area contributed by atoms with Gasteiger partial charge in [-0.2, -0.15) is 13.2 Å². The lowest BCUT2D eigenvalue weighted by molar-refractivity contribution is -0.138. The van der Waals surface area contributed by atoms with Crippen molar-refractivity contribution in [1.29, 1.82) is 0 Å². The summed E-state index contributed by atoms with van der Waals surface area (Å²) in [6.45, 7) is 0.904. The lowest BCUT2D eigenvalue weighted by atomic mass is 10.0. The quantitative estimate of drug-likeness (QED) is 0.394. The van der Waals surface area contributed by atoms with Crippen LogP contribution >= 0.6 is 0 Å². The van der Waals surface area contributed by atoms with Gasteiger partial charge in [0.25, 0.3) is 5.91 Å². The zero-order valence-corrected chi connectivity index (χ0v) is 18.4. The van der Waals surface area contributed by atoms with Crippen molar-refractivity contribution < 1.29 is 22.4 Å². The van der Waals surface area contributed by atoms with E-state index in [0.717, 1.165) is 34.2 Å². The molecule has 0 aliphatic carbocycles. The van der Waals surface area contributed by atoms with Crippen LogP contribution in [0.25, 0.3) is 22.0 Å². The van der Waals surface area contributed by atoms with Gasteiger partial charge in [-0.15, -0.1) is 10.2 Å².